The summed E-state index contributed by atoms with van der Waals surface area (Å²) in [6, 6.07) is 0. The second-order valence-electron chi connectivity index (χ2n) is 17.2. The molecule has 0 unspecified atom stereocenters. The zero-order valence-corrected chi connectivity index (χ0v) is 28.8. The zero-order chi connectivity index (χ0) is 34.0. The van der Waals surface area contributed by atoms with Gasteiger partial charge in [0, 0.05) is 0 Å². The van der Waals surface area contributed by atoms with Gasteiger partial charge in [-0.15, -0.1) is 0 Å². The maximum atomic E-state index is 12.0. The molecule has 5 fully saturated rings. The highest BCUT2D eigenvalue weighted by atomic mass is 16.7. The molecule has 4 aliphatic carbocycles. The van der Waals surface area contributed by atoms with Crippen molar-refractivity contribution in [3.05, 3.63) is 12.2 Å². The third-order valence-corrected chi connectivity index (χ3v) is 14.5. The van der Waals surface area contributed by atoms with Crippen LogP contribution in [0.25, 0.3) is 0 Å². The predicted molar refractivity (Wildman–Crippen MR) is 171 cm³/mol. The number of aliphatic hydroxyl groups is 8. The lowest BCUT2D eigenvalue weighted by Crippen LogP contribution is -2.68. The molecule has 4 saturated carbocycles. The number of rotatable bonds is 9. The van der Waals surface area contributed by atoms with Crippen LogP contribution in [0.4, 0.5) is 0 Å². The van der Waals surface area contributed by atoms with Crippen molar-refractivity contribution in [1.29, 1.82) is 0 Å². The number of ether oxygens (including phenoxy) is 2. The average molecular weight is 655 g/mol. The Hall–Kier alpha value is -0.660. The molecule has 10 heteroatoms. The molecule has 0 aromatic rings. The monoisotopic (exact) mass is 654 g/mol. The van der Waals surface area contributed by atoms with Crippen molar-refractivity contribution in [3.63, 3.8) is 0 Å². The highest BCUT2D eigenvalue weighted by molar-refractivity contribution is 5.20. The van der Waals surface area contributed by atoms with Gasteiger partial charge >= 0.3 is 0 Å². The second kappa shape index (κ2) is 12.9. The number of aliphatic hydroxyl groups excluding tert-OH is 7. The Bertz CT molecular complexity index is 1100. The topological polar surface area (TPSA) is 180 Å². The number of hydrogen-bond donors (Lipinski definition) is 8. The van der Waals surface area contributed by atoms with Crippen LogP contribution in [0.2, 0.25) is 0 Å². The first-order valence-electron chi connectivity index (χ1n) is 17.7. The highest BCUT2D eigenvalue weighted by Crippen LogP contribution is 2.75. The summed E-state index contributed by atoms with van der Waals surface area (Å²) >= 11 is 0. The Morgan fingerprint density at radius 1 is 0.891 bits per heavy atom. The minimum atomic E-state index is -1.50. The minimum absolute atomic E-state index is 0.0327. The highest BCUT2D eigenvalue weighted by Gasteiger charge is 2.71. The van der Waals surface area contributed by atoms with Crippen LogP contribution in [0.15, 0.2) is 12.2 Å². The molecule has 0 bridgehead atoms. The zero-order valence-electron chi connectivity index (χ0n) is 28.8. The SMILES string of the molecule is C[C@H](/C=C/C[C@@](O)(CO)[C@H]1CC[C@]2(C)[C@@H]1CC[C@@H]1[C@@]3(C)CC[C@H](O)C(C)(C)[C@@H]3[C@@H](O)C[C@]12C)CO[C@@H]1O[C@@H](CO)[C@@H](O)[C@H](O)[C@@H]1O. The number of hydrogen-bond acceptors (Lipinski definition) is 10. The Labute approximate surface area is 274 Å². The standard InChI is InChI=1S/C36H62O10/c1-20(18-45-31-29(43)28(42)27(41)24(17-37)46-31)8-7-13-36(44,19-38)22-11-15-34(5)21(22)9-10-25-33(4)14-12-26(40)32(2,3)30(33)23(39)16-35(25,34)6/h7-8,20-31,37-44H,9-19H2,1-6H3/b8-7+/t20-,21-,22+,23+,24+,25-,26+,27-,28+,29+,30+,31-,33-,34-,35-,36-/m1/s1. The fourth-order valence-electron chi connectivity index (χ4n) is 11.9. The molecule has 1 aliphatic heterocycles. The average Bonchev–Trinajstić information content (AvgIpc) is 3.36. The maximum Gasteiger partial charge on any atom is 0.186 e. The van der Waals surface area contributed by atoms with E-state index in [9.17, 15) is 40.9 Å². The summed E-state index contributed by atoms with van der Waals surface area (Å²) in [5, 5.41) is 85.1. The fourth-order valence-corrected chi connectivity index (χ4v) is 11.9. The van der Waals surface area contributed by atoms with E-state index in [2.05, 4.69) is 34.6 Å². The molecule has 1 heterocycles. The maximum absolute atomic E-state index is 12.0. The Morgan fingerprint density at radius 3 is 2.24 bits per heavy atom. The van der Waals surface area contributed by atoms with Crippen molar-refractivity contribution in [1.82, 2.24) is 0 Å². The summed E-state index contributed by atoms with van der Waals surface area (Å²) < 4.78 is 11.1. The molecule has 5 rings (SSSR count). The van der Waals surface area contributed by atoms with Gasteiger partial charge in [-0.3, -0.25) is 0 Å². The predicted octanol–water partition coefficient (Wildman–Crippen LogP) is 2.13. The summed E-state index contributed by atoms with van der Waals surface area (Å²) in [5.41, 5.74) is -1.96. The summed E-state index contributed by atoms with van der Waals surface area (Å²) in [5.74, 6) is 0.421. The minimum Gasteiger partial charge on any atom is -0.394 e. The smallest absolute Gasteiger partial charge is 0.186 e. The van der Waals surface area contributed by atoms with Gasteiger partial charge in [-0.25, -0.2) is 0 Å². The molecule has 0 amide bonds. The van der Waals surface area contributed by atoms with Crippen molar-refractivity contribution in [2.45, 2.75) is 141 Å². The van der Waals surface area contributed by atoms with Gasteiger partial charge in [0.15, 0.2) is 6.29 Å². The van der Waals surface area contributed by atoms with Gasteiger partial charge in [0.2, 0.25) is 0 Å². The Kier molecular flexibility index (Phi) is 10.3. The van der Waals surface area contributed by atoms with E-state index in [-0.39, 0.29) is 65.0 Å². The van der Waals surface area contributed by atoms with Gasteiger partial charge in [-0.1, -0.05) is 53.7 Å². The van der Waals surface area contributed by atoms with Crippen molar-refractivity contribution < 1.29 is 50.3 Å². The first-order chi connectivity index (χ1) is 21.4. The molecular weight excluding hydrogens is 592 g/mol. The molecule has 0 aromatic heterocycles. The van der Waals surface area contributed by atoms with Crippen molar-refractivity contribution in [2.75, 3.05) is 19.8 Å². The third kappa shape index (κ3) is 5.64. The lowest BCUT2D eigenvalue weighted by molar-refractivity contribution is -0.302. The van der Waals surface area contributed by atoms with Gasteiger partial charge in [0.05, 0.1) is 37.6 Å². The van der Waals surface area contributed by atoms with Crippen LogP contribution in [0.5, 0.6) is 0 Å². The normalized spacial score (nSPS) is 50.8. The molecule has 266 valence electrons. The van der Waals surface area contributed by atoms with E-state index in [4.69, 9.17) is 9.47 Å². The van der Waals surface area contributed by atoms with Gasteiger partial charge in [0.1, 0.15) is 24.4 Å². The van der Waals surface area contributed by atoms with Crippen LogP contribution in [-0.4, -0.2) is 109 Å². The molecule has 0 spiro atoms. The molecule has 46 heavy (non-hydrogen) atoms. The van der Waals surface area contributed by atoms with Crippen molar-refractivity contribution in [3.8, 4) is 0 Å². The summed E-state index contributed by atoms with van der Waals surface area (Å²) in [6.07, 6.45) is 2.59. The molecule has 0 radical (unpaired) electrons. The lowest BCUT2D eigenvalue weighted by Gasteiger charge is -2.71. The van der Waals surface area contributed by atoms with Crippen LogP contribution < -0.4 is 0 Å². The third-order valence-electron chi connectivity index (χ3n) is 14.5. The van der Waals surface area contributed by atoms with Gasteiger partial charge in [0.25, 0.3) is 0 Å². The van der Waals surface area contributed by atoms with Crippen LogP contribution in [0.3, 0.4) is 0 Å². The van der Waals surface area contributed by atoms with E-state index in [1.54, 1.807) is 0 Å². The van der Waals surface area contributed by atoms with Gasteiger partial charge in [-0.05, 0) is 103 Å². The van der Waals surface area contributed by atoms with E-state index in [0.717, 1.165) is 38.5 Å². The van der Waals surface area contributed by atoms with E-state index in [0.29, 0.717) is 12.3 Å². The second-order valence-corrected chi connectivity index (χ2v) is 17.2. The van der Waals surface area contributed by atoms with Gasteiger partial charge in [-0.2, -0.15) is 0 Å². The quantitative estimate of drug-likeness (QED) is 0.172. The molecule has 0 aromatic carbocycles. The molecule has 16 atom stereocenters. The van der Waals surface area contributed by atoms with Crippen LogP contribution in [0.1, 0.15) is 92.9 Å². The summed E-state index contributed by atoms with van der Waals surface area (Å²) in [7, 11) is 0. The molecule has 5 aliphatic rings. The Morgan fingerprint density at radius 2 is 1.59 bits per heavy atom. The number of fused-ring (bicyclic) bond motifs is 5. The van der Waals surface area contributed by atoms with E-state index < -0.39 is 55.1 Å². The van der Waals surface area contributed by atoms with Gasteiger partial charge < -0.3 is 50.3 Å². The Balaban J connectivity index is 1.26. The van der Waals surface area contributed by atoms with Crippen molar-refractivity contribution >= 4 is 0 Å². The van der Waals surface area contributed by atoms with Crippen LogP contribution in [0, 0.1) is 51.2 Å². The van der Waals surface area contributed by atoms with Crippen LogP contribution >= 0.6 is 0 Å². The fraction of sp³-hybridized carbons (Fsp3) is 0.944. The van der Waals surface area contributed by atoms with Crippen molar-refractivity contribution in [2.24, 2.45) is 51.2 Å². The molecular formula is C36H62O10. The lowest BCUT2D eigenvalue weighted by atomic mass is 9.35. The largest absolute Gasteiger partial charge is 0.394 e. The summed E-state index contributed by atoms with van der Waals surface area (Å²) in [4.78, 5) is 0. The van der Waals surface area contributed by atoms with E-state index >= 15 is 0 Å². The van der Waals surface area contributed by atoms with Crippen LogP contribution in [-0.2, 0) is 9.47 Å². The molecule has 1 saturated heterocycles. The first kappa shape index (κ1) is 36.6. The van der Waals surface area contributed by atoms with E-state index in [1.807, 2.05) is 19.1 Å². The first-order valence-corrected chi connectivity index (χ1v) is 17.7. The van der Waals surface area contributed by atoms with E-state index in [1.165, 1.54) is 0 Å². The summed E-state index contributed by atoms with van der Waals surface area (Å²) in [6.45, 7) is 12.5. The molecule has 10 nitrogen and oxygen atoms in total. The molecule has 8 N–H and O–H groups in total.